The second-order valence-electron chi connectivity index (χ2n) is 4.70. The van der Waals surface area contributed by atoms with E-state index in [1.165, 1.54) is 0 Å². The van der Waals surface area contributed by atoms with Crippen LogP contribution in [0, 0.1) is 0 Å². The van der Waals surface area contributed by atoms with Gasteiger partial charge in [-0.05, 0) is 32.7 Å². The van der Waals surface area contributed by atoms with E-state index in [1.807, 2.05) is 7.05 Å². The van der Waals surface area contributed by atoms with Crippen molar-refractivity contribution < 1.29 is 13.2 Å². The summed E-state index contributed by atoms with van der Waals surface area (Å²) in [6.07, 6.45) is 3.36. The minimum atomic E-state index is -2.86. The molecule has 0 aromatic heterocycles. The van der Waals surface area contributed by atoms with Crippen molar-refractivity contribution in [1.29, 1.82) is 0 Å². The van der Waals surface area contributed by atoms with Crippen LogP contribution in [0.2, 0.25) is 0 Å². The highest BCUT2D eigenvalue weighted by molar-refractivity contribution is 7.91. The topological polar surface area (TPSA) is 55.4 Å². The molecule has 0 saturated carbocycles. The molecule has 5 heteroatoms. The van der Waals surface area contributed by atoms with E-state index in [4.69, 9.17) is 4.74 Å². The maximum absolute atomic E-state index is 11.5. The third-order valence-corrected chi connectivity index (χ3v) is 5.77. The van der Waals surface area contributed by atoms with Gasteiger partial charge < -0.3 is 10.1 Å². The van der Waals surface area contributed by atoms with Crippen molar-refractivity contribution in [2.24, 2.45) is 0 Å². The van der Waals surface area contributed by atoms with Gasteiger partial charge in [0.15, 0.2) is 0 Å². The van der Waals surface area contributed by atoms with Crippen LogP contribution in [-0.4, -0.2) is 45.7 Å². The van der Waals surface area contributed by atoms with Crippen LogP contribution in [0.1, 0.15) is 46.5 Å². The molecule has 1 atom stereocenters. The minimum Gasteiger partial charge on any atom is -0.377 e. The van der Waals surface area contributed by atoms with Crippen LogP contribution < -0.4 is 5.32 Å². The molecule has 18 heavy (non-hydrogen) atoms. The van der Waals surface area contributed by atoms with Gasteiger partial charge in [0.25, 0.3) is 0 Å². The van der Waals surface area contributed by atoms with Gasteiger partial charge >= 0.3 is 0 Å². The van der Waals surface area contributed by atoms with Crippen molar-refractivity contribution in [3.05, 3.63) is 0 Å². The number of sulfone groups is 1. The molecule has 110 valence electrons. The molecule has 0 heterocycles. The number of likely N-dealkylation sites (N-methyl/N-ethyl adjacent to an activating group) is 1. The Kier molecular flexibility index (Phi) is 8.06. The smallest absolute Gasteiger partial charge is 0.150 e. The Morgan fingerprint density at radius 1 is 1.22 bits per heavy atom. The number of rotatable bonds is 10. The van der Waals surface area contributed by atoms with Gasteiger partial charge in [0.2, 0.25) is 0 Å². The number of ether oxygens (including phenoxy) is 1. The normalized spacial score (nSPS) is 14.7. The van der Waals surface area contributed by atoms with Gasteiger partial charge in [0.1, 0.15) is 9.84 Å². The van der Waals surface area contributed by atoms with E-state index in [-0.39, 0.29) is 23.1 Å². The first-order chi connectivity index (χ1) is 8.41. The van der Waals surface area contributed by atoms with Crippen molar-refractivity contribution in [1.82, 2.24) is 5.32 Å². The third-order valence-electron chi connectivity index (χ3n) is 3.97. The molecule has 0 aromatic rings. The standard InChI is InChI=1S/C13H29NO3S/c1-6-13(7-2,17-5)12(14-4)10-9-11-18(15,16)8-3/h12,14H,6-11H2,1-5H3. The van der Waals surface area contributed by atoms with Crippen molar-refractivity contribution in [3.63, 3.8) is 0 Å². The number of nitrogens with one attached hydrogen (secondary N) is 1. The maximum atomic E-state index is 11.5. The van der Waals surface area contributed by atoms with Crippen LogP contribution in [0.4, 0.5) is 0 Å². The van der Waals surface area contributed by atoms with Gasteiger partial charge in [-0.25, -0.2) is 8.42 Å². The SMILES string of the molecule is CCC(CC)(OC)C(CCCS(=O)(=O)CC)NC. The van der Waals surface area contributed by atoms with Crippen LogP contribution in [0.3, 0.4) is 0 Å². The zero-order chi connectivity index (χ0) is 14.2. The molecule has 0 fully saturated rings. The molecule has 0 bridgehead atoms. The summed E-state index contributed by atoms with van der Waals surface area (Å²) in [5.41, 5.74) is -0.190. The lowest BCUT2D eigenvalue weighted by atomic mass is 9.85. The predicted molar refractivity (Wildman–Crippen MR) is 76.7 cm³/mol. The molecule has 1 N–H and O–H groups in total. The van der Waals surface area contributed by atoms with Gasteiger partial charge in [-0.15, -0.1) is 0 Å². The van der Waals surface area contributed by atoms with E-state index in [0.29, 0.717) is 6.42 Å². The fourth-order valence-corrected chi connectivity index (χ4v) is 3.39. The highest BCUT2D eigenvalue weighted by atomic mass is 32.2. The molecule has 1 unspecified atom stereocenters. The Morgan fingerprint density at radius 3 is 2.11 bits per heavy atom. The molecule has 0 rings (SSSR count). The van der Waals surface area contributed by atoms with Gasteiger partial charge in [-0.1, -0.05) is 20.8 Å². The van der Waals surface area contributed by atoms with E-state index >= 15 is 0 Å². The zero-order valence-corrected chi connectivity index (χ0v) is 13.3. The summed E-state index contributed by atoms with van der Waals surface area (Å²) in [6, 6.07) is 0.199. The van der Waals surface area contributed by atoms with Crippen molar-refractivity contribution >= 4 is 9.84 Å². The van der Waals surface area contributed by atoms with Gasteiger partial charge in [0.05, 0.1) is 11.4 Å². The summed E-state index contributed by atoms with van der Waals surface area (Å²) in [5.74, 6) is 0.503. The van der Waals surface area contributed by atoms with Crippen LogP contribution >= 0.6 is 0 Å². The van der Waals surface area contributed by atoms with Crippen LogP contribution in [0.25, 0.3) is 0 Å². The molecule has 0 aliphatic heterocycles. The maximum Gasteiger partial charge on any atom is 0.150 e. The summed E-state index contributed by atoms with van der Waals surface area (Å²) in [7, 11) is 0.793. The van der Waals surface area contributed by atoms with Gasteiger partial charge in [0, 0.05) is 18.9 Å². The van der Waals surface area contributed by atoms with Crippen LogP contribution in [0.5, 0.6) is 0 Å². The second kappa shape index (κ2) is 8.12. The number of hydrogen-bond donors (Lipinski definition) is 1. The largest absolute Gasteiger partial charge is 0.377 e. The summed E-state index contributed by atoms with van der Waals surface area (Å²) < 4.78 is 28.6. The summed E-state index contributed by atoms with van der Waals surface area (Å²) in [6.45, 7) is 5.92. The van der Waals surface area contributed by atoms with Crippen molar-refractivity contribution in [2.75, 3.05) is 25.7 Å². The van der Waals surface area contributed by atoms with Crippen LogP contribution in [0.15, 0.2) is 0 Å². The van der Waals surface area contributed by atoms with E-state index in [9.17, 15) is 8.42 Å². The zero-order valence-electron chi connectivity index (χ0n) is 12.5. The third kappa shape index (κ3) is 4.86. The Hall–Kier alpha value is -0.130. The Bertz CT molecular complexity index is 302. The lowest BCUT2D eigenvalue weighted by molar-refractivity contribution is -0.0476. The number of methoxy groups -OCH3 is 1. The first-order valence-electron chi connectivity index (χ1n) is 6.84. The lowest BCUT2D eigenvalue weighted by Crippen LogP contribution is -2.50. The Labute approximate surface area is 112 Å². The molecule has 0 aliphatic carbocycles. The van der Waals surface area contributed by atoms with Gasteiger partial charge in [-0.3, -0.25) is 0 Å². The molecule has 0 spiro atoms. The van der Waals surface area contributed by atoms with E-state index < -0.39 is 9.84 Å². The van der Waals surface area contributed by atoms with Crippen molar-refractivity contribution in [3.8, 4) is 0 Å². The molecule has 0 aliphatic rings. The van der Waals surface area contributed by atoms with E-state index in [2.05, 4.69) is 19.2 Å². The fraction of sp³-hybridized carbons (Fsp3) is 1.00. The fourth-order valence-electron chi connectivity index (χ4n) is 2.50. The summed E-state index contributed by atoms with van der Waals surface area (Å²) in [4.78, 5) is 0. The molecule has 4 nitrogen and oxygen atoms in total. The van der Waals surface area contributed by atoms with Crippen LogP contribution in [-0.2, 0) is 14.6 Å². The van der Waals surface area contributed by atoms with Crippen molar-refractivity contribution in [2.45, 2.75) is 58.1 Å². The summed E-state index contributed by atoms with van der Waals surface area (Å²) >= 11 is 0. The second-order valence-corrected chi connectivity index (χ2v) is 7.17. The highest BCUT2D eigenvalue weighted by Gasteiger charge is 2.34. The van der Waals surface area contributed by atoms with E-state index in [1.54, 1.807) is 14.0 Å². The van der Waals surface area contributed by atoms with E-state index in [0.717, 1.165) is 19.3 Å². The quantitative estimate of drug-likeness (QED) is 0.664. The number of hydrogen-bond acceptors (Lipinski definition) is 4. The molecule has 0 saturated heterocycles. The average Bonchev–Trinajstić information content (AvgIpc) is 2.39. The molecular weight excluding hydrogens is 250 g/mol. The highest BCUT2D eigenvalue weighted by Crippen LogP contribution is 2.26. The predicted octanol–water partition coefficient (Wildman–Crippen LogP) is 1.99. The minimum absolute atomic E-state index is 0.190. The summed E-state index contributed by atoms with van der Waals surface area (Å²) in [5, 5.41) is 3.28. The molecule has 0 radical (unpaired) electrons. The molecule has 0 amide bonds. The molecule has 0 aromatic carbocycles. The molecular formula is C13H29NO3S. The first-order valence-corrected chi connectivity index (χ1v) is 8.66. The average molecular weight is 279 g/mol. The first kappa shape index (κ1) is 17.9. The Balaban J connectivity index is 4.52. The van der Waals surface area contributed by atoms with Gasteiger partial charge in [-0.2, -0.15) is 0 Å². The lowest BCUT2D eigenvalue weighted by Gasteiger charge is -2.38. The monoisotopic (exact) mass is 279 g/mol. The Morgan fingerprint density at radius 2 is 1.78 bits per heavy atom.